The van der Waals surface area contributed by atoms with Gasteiger partial charge in [0.2, 0.25) is 0 Å². The lowest BCUT2D eigenvalue weighted by molar-refractivity contribution is 0.0911. The van der Waals surface area contributed by atoms with Crippen LogP contribution in [0, 0.1) is 5.41 Å². The Labute approximate surface area is 169 Å². The minimum atomic E-state index is -0.140. The standard InChI is InChI=1S/C23H25N3O3/c1-23(2)13-18-21(19(28)14-23)20(16-4-3-5-17(12-16)29-11-10-27)22(26(18)24)15-6-8-25-9-7-15/h3-9,12,27H,10-11,13-14,24H2,1-2H3. The van der Waals surface area contributed by atoms with Crippen molar-refractivity contribution in [3.8, 4) is 28.1 Å². The molecule has 0 radical (unpaired) electrons. The highest BCUT2D eigenvalue weighted by Gasteiger charge is 2.37. The minimum Gasteiger partial charge on any atom is -0.491 e. The molecular formula is C23H25N3O3. The number of rotatable bonds is 5. The summed E-state index contributed by atoms with van der Waals surface area (Å²) in [4.78, 5) is 17.3. The number of fused-ring (bicyclic) bond motifs is 1. The number of carbonyl (C=O) groups excluding carboxylic acids is 1. The number of pyridine rings is 1. The van der Waals surface area contributed by atoms with E-state index in [9.17, 15) is 4.79 Å². The SMILES string of the molecule is CC1(C)CC(=O)c2c(-c3cccc(OCCO)c3)c(-c3ccncc3)n(N)c2C1. The maximum Gasteiger partial charge on any atom is 0.165 e. The van der Waals surface area contributed by atoms with E-state index in [1.807, 2.05) is 36.4 Å². The predicted molar refractivity (Wildman–Crippen MR) is 112 cm³/mol. The van der Waals surface area contributed by atoms with Crippen LogP contribution in [0.15, 0.2) is 48.8 Å². The first-order valence-electron chi connectivity index (χ1n) is 9.71. The van der Waals surface area contributed by atoms with Crippen molar-refractivity contribution < 1.29 is 14.6 Å². The van der Waals surface area contributed by atoms with E-state index in [0.717, 1.165) is 34.5 Å². The third-order valence-corrected chi connectivity index (χ3v) is 5.31. The topological polar surface area (TPSA) is 90.4 Å². The lowest BCUT2D eigenvalue weighted by atomic mass is 9.75. The van der Waals surface area contributed by atoms with Crippen LogP contribution in [0.3, 0.4) is 0 Å². The molecule has 0 saturated carbocycles. The van der Waals surface area contributed by atoms with Crippen LogP contribution in [0.5, 0.6) is 5.75 Å². The number of aromatic nitrogens is 2. The zero-order valence-corrected chi connectivity index (χ0v) is 16.7. The first-order chi connectivity index (χ1) is 13.9. The third kappa shape index (κ3) is 3.51. The summed E-state index contributed by atoms with van der Waals surface area (Å²) in [6, 6.07) is 11.4. The molecule has 0 spiro atoms. The number of aliphatic hydroxyl groups is 1. The van der Waals surface area contributed by atoms with Crippen molar-refractivity contribution in [2.75, 3.05) is 19.1 Å². The number of ether oxygens (including phenoxy) is 1. The van der Waals surface area contributed by atoms with E-state index in [-0.39, 0.29) is 24.4 Å². The van der Waals surface area contributed by atoms with Crippen molar-refractivity contribution in [3.05, 3.63) is 60.0 Å². The number of nitrogens with two attached hydrogens (primary N) is 1. The van der Waals surface area contributed by atoms with Gasteiger partial charge in [-0.3, -0.25) is 14.5 Å². The Hall–Kier alpha value is -3.12. The average Bonchev–Trinajstić information content (AvgIpc) is 2.99. The number of benzene rings is 1. The summed E-state index contributed by atoms with van der Waals surface area (Å²) in [5.41, 5.74) is 4.79. The zero-order valence-electron chi connectivity index (χ0n) is 16.7. The first kappa shape index (κ1) is 19.2. The second kappa shape index (κ2) is 7.37. The highest BCUT2D eigenvalue weighted by molar-refractivity contribution is 6.08. The smallest absolute Gasteiger partial charge is 0.165 e. The molecule has 1 aliphatic carbocycles. The van der Waals surface area contributed by atoms with E-state index in [4.69, 9.17) is 15.7 Å². The molecule has 0 atom stereocenters. The van der Waals surface area contributed by atoms with Gasteiger partial charge in [-0.05, 0) is 41.7 Å². The van der Waals surface area contributed by atoms with Gasteiger partial charge in [-0.2, -0.15) is 0 Å². The number of Topliss-reactive ketones (excluding diaryl/α,β-unsaturated/α-hetero) is 1. The molecule has 0 amide bonds. The van der Waals surface area contributed by atoms with E-state index < -0.39 is 0 Å². The van der Waals surface area contributed by atoms with Crippen molar-refractivity contribution >= 4 is 5.78 Å². The molecule has 2 aromatic heterocycles. The van der Waals surface area contributed by atoms with Crippen LogP contribution >= 0.6 is 0 Å². The van der Waals surface area contributed by atoms with E-state index in [1.54, 1.807) is 17.1 Å². The van der Waals surface area contributed by atoms with Crippen LogP contribution in [0.25, 0.3) is 22.4 Å². The van der Waals surface area contributed by atoms with Crippen LogP contribution in [-0.2, 0) is 6.42 Å². The van der Waals surface area contributed by atoms with Crippen LogP contribution < -0.4 is 10.6 Å². The highest BCUT2D eigenvalue weighted by atomic mass is 16.5. The van der Waals surface area contributed by atoms with Crippen LogP contribution in [0.4, 0.5) is 0 Å². The van der Waals surface area contributed by atoms with Crippen molar-refractivity contribution in [1.29, 1.82) is 0 Å². The van der Waals surface area contributed by atoms with Gasteiger partial charge in [-0.15, -0.1) is 0 Å². The first-order valence-corrected chi connectivity index (χ1v) is 9.71. The van der Waals surface area contributed by atoms with Crippen molar-refractivity contribution in [2.24, 2.45) is 5.41 Å². The van der Waals surface area contributed by atoms with E-state index in [1.165, 1.54) is 0 Å². The van der Waals surface area contributed by atoms with Crippen LogP contribution in [0.1, 0.15) is 36.3 Å². The monoisotopic (exact) mass is 391 g/mol. The fraction of sp³-hybridized carbons (Fsp3) is 0.304. The van der Waals surface area contributed by atoms with Gasteiger partial charge >= 0.3 is 0 Å². The minimum absolute atomic E-state index is 0.0609. The predicted octanol–water partition coefficient (Wildman–Crippen LogP) is 3.46. The molecule has 29 heavy (non-hydrogen) atoms. The van der Waals surface area contributed by atoms with Crippen LogP contribution in [-0.4, -0.2) is 33.8 Å². The normalized spacial score (nSPS) is 15.2. The van der Waals surface area contributed by atoms with Gasteiger partial charge in [-0.25, -0.2) is 0 Å². The number of hydrogen-bond acceptors (Lipinski definition) is 5. The van der Waals surface area contributed by atoms with Gasteiger partial charge in [0.1, 0.15) is 12.4 Å². The molecule has 3 N–H and O–H groups in total. The zero-order chi connectivity index (χ0) is 20.6. The number of aliphatic hydroxyl groups excluding tert-OH is 1. The third-order valence-electron chi connectivity index (χ3n) is 5.31. The Bertz CT molecular complexity index is 1050. The lowest BCUT2D eigenvalue weighted by Gasteiger charge is -2.29. The Morgan fingerprint density at radius 3 is 2.62 bits per heavy atom. The number of nitrogens with zero attached hydrogens (tertiary/aromatic N) is 2. The molecule has 0 saturated heterocycles. The molecule has 6 heteroatoms. The second-order valence-corrected chi connectivity index (χ2v) is 8.19. The Balaban J connectivity index is 1.97. The quantitative estimate of drug-likeness (QED) is 0.650. The van der Waals surface area contributed by atoms with Crippen molar-refractivity contribution in [2.45, 2.75) is 26.7 Å². The van der Waals surface area contributed by atoms with Gasteiger partial charge in [-0.1, -0.05) is 26.0 Å². The van der Waals surface area contributed by atoms with E-state index >= 15 is 0 Å². The Morgan fingerprint density at radius 1 is 1.14 bits per heavy atom. The van der Waals surface area contributed by atoms with E-state index in [0.29, 0.717) is 17.7 Å². The van der Waals surface area contributed by atoms with Gasteiger partial charge in [0, 0.05) is 35.5 Å². The lowest BCUT2D eigenvalue weighted by Crippen LogP contribution is -2.29. The van der Waals surface area contributed by atoms with Gasteiger partial charge < -0.3 is 15.7 Å². The summed E-state index contributed by atoms with van der Waals surface area (Å²) in [5, 5.41) is 9.06. The Kier molecular flexibility index (Phi) is 4.88. The molecular weight excluding hydrogens is 366 g/mol. The largest absolute Gasteiger partial charge is 0.491 e. The molecule has 0 fully saturated rings. The second-order valence-electron chi connectivity index (χ2n) is 8.19. The van der Waals surface area contributed by atoms with Gasteiger partial charge in [0.15, 0.2) is 5.78 Å². The number of nitrogen functional groups attached to an aromatic ring is 1. The summed E-state index contributed by atoms with van der Waals surface area (Å²) in [6.45, 7) is 4.34. The maximum absolute atomic E-state index is 13.2. The van der Waals surface area contributed by atoms with E-state index in [2.05, 4.69) is 18.8 Å². The molecule has 0 aliphatic heterocycles. The summed E-state index contributed by atoms with van der Waals surface area (Å²) in [7, 11) is 0. The number of ketones is 1. The van der Waals surface area contributed by atoms with Gasteiger partial charge in [0.25, 0.3) is 0 Å². The molecule has 4 rings (SSSR count). The molecule has 0 bridgehead atoms. The van der Waals surface area contributed by atoms with Crippen LogP contribution in [0.2, 0.25) is 0 Å². The summed E-state index contributed by atoms with van der Waals surface area (Å²) < 4.78 is 7.26. The fourth-order valence-electron chi connectivity index (χ4n) is 4.13. The van der Waals surface area contributed by atoms with Crippen molar-refractivity contribution in [3.63, 3.8) is 0 Å². The summed E-state index contributed by atoms with van der Waals surface area (Å²) in [5.74, 6) is 7.32. The molecule has 1 aliphatic rings. The molecule has 6 nitrogen and oxygen atoms in total. The summed E-state index contributed by atoms with van der Waals surface area (Å²) in [6.07, 6.45) is 4.64. The number of carbonyl (C=O) groups is 1. The molecule has 0 unspecified atom stereocenters. The Morgan fingerprint density at radius 2 is 1.90 bits per heavy atom. The molecule has 2 heterocycles. The van der Waals surface area contributed by atoms with Gasteiger partial charge in [0.05, 0.1) is 18.0 Å². The maximum atomic E-state index is 13.2. The fourth-order valence-corrected chi connectivity index (χ4v) is 4.13. The molecule has 1 aromatic carbocycles. The van der Waals surface area contributed by atoms with Crippen molar-refractivity contribution in [1.82, 2.24) is 9.66 Å². The molecule has 3 aromatic rings. The highest BCUT2D eigenvalue weighted by Crippen LogP contribution is 2.45. The average molecular weight is 391 g/mol. The summed E-state index contributed by atoms with van der Waals surface area (Å²) >= 11 is 0. The molecule has 150 valence electrons. The number of hydrogen-bond donors (Lipinski definition) is 2.